The second-order valence-electron chi connectivity index (χ2n) is 3.59. The van der Waals surface area contributed by atoms with Crippen LogP contribution < -0.4 is 5.32 Å². The van der Waals surface area contributed by atoms with Gasteiger partial charge in [0.05, 0.1) is 11.3 Å². The van der Waals surface area contributed by atoms with E-state index in [2.05, 4.69) is 23.5 Å². The predicted octanol–water partition coefficient (Wildman–Crippen LogP) is 3.34. The van der Waals surface area contributed by atoms with Crippen molar-refractivity contribution in [3.05, 3.63) is 40.9 Å². The lowest BCUT2D eigenvalue weighted by molar-refractivity contribution is 0.786. The molecule has 0 amide bonds. The normalized spacial score (nSPS) is 15.2. The highest BCUT2D eigenvalue weighted by Crippen LogP contribution is 2.23. The first-order chi connectivity index (χ1) is 7.29. The summed E-state index contributed by atoms with van der Waals surface area (Å²) >= 11 is 5.89. The summed E-state index contributed by atoms with van der Waals surface area (Å²) in [5.41, 5.74) is 1.48. The number of nitriles is 1. The average Bonchev–Trinajstić information content (AvgIpc) is 2.71. The maximum absolute atomic E-state index is 8.93. The van der Waals surface area contributed by atoms with Crippen LogP contribution in [0.2, 0.25) is 5.02 Å². The fourth-order valence-electron chi connectivity index (χ4n) is 1.69. The lowest BCUT2D eigenvalue weighted by Crippen LogP contribution is -2.15. The summed E-state index contributed by atoms with van der Waals surface area (Å²) in [4.78, 5) is 0. The fraction of sp³-hybridized carbons (Fsp3) is 0.250. The largest absolute Gasteiger partial charge is 0.381 e. The molecule has 3 heteroatoms. The van der Waals surface area contributed by atoms with Crippen molar-refractivity contribution in [2.75, 3.05) is 5.32 Å². The van der Waals surface area contributed by atoms with Crippen LogP contribution in [0.5, 0.6) is 0 Å². The molecule has 1 aromatic carbocycles. The third-order valence-electron chi connectivity index (χ3n) is 2.47. The van der Waals surface area contributed by atoms with Gasteiger partial charge in [-0.25, -0.2) is 0 Å². The second-order valence-corrected chi connectivity index (χ2v) is 4.02. The summed E-state index contributed by atoms with van der Waals surface area (Å²) < 4.78 is 0. The van der Waals surface area contributed by atoms with Crippen LogP contribution in [0.3, 0.4) is 0 Å². The summed E-state index contributed by atoms with van der Waals surface area (Å²) in [6, 6.07) is 7.84. The highest BCUT2D eigenvalue weighted by molar-refractivity contribution is 6.30. The van der Waals surface area contributed by atoms with Crippen molar-refractivity contribution in [1.82, 2.24) is 0 Å². The Balaban J connectivity index is 2.19. The standard InChI is InChI=1S/C12H11ClN2/c13-10-6-5-9(8-14)12(7-10)15-11-3-1-2-4-11/h1-2,5-7,11,15H,3-4H2. The van der Waals surface area contributed by atoms with Crippen molar-refractivity contribution in [1.29, 1.82) is 5.26 Å². The number of hydrogen-bond donors (Lipinski definition) is 1. The van der Waals surface area contributed by atoms with E-state index in [0.29, 0.717) is 16.6 Å². The molecule has 15 heavy (non-hydrogen) atoms. The quantitative estimate of drug-likeness (QED) is 0.773. The maximum atomic E-state index is 8.93. The van der Waals surface area contributed by atoms with Crippen molar-refractivity contribution in [3.8, 4) is 6.07 Å². The summed E-state index contributed by atoms with van der Waals surface area (Å²) in [6.07, 6.45) is 6.32. The zero-order valence-electron chi connectivity index (χ0n) is 8.20. The first kappa shape index (κ1) is 10.1. The molecule has 2 rings (SSSR count). The molecule has 1 N–H and O–H groups in total. The number of hydrogen-bond acceptors (Lipinski definition) is 2. The SMILES string of the molecule is N#Cc1ccc(Cl)cc1NC1CC=CC1. The third kappa shape index (κ3) is 2.31. The Hall–Kier alpha value is -1.46. The summed E-state index contributed by atoms with van der Waals surface area (Å²) in [6.45, 7) is 0. The number of anilines is 1. The number of benzene rings is 1. The van der Waals surface area contributed by atoms with Gasteiger partial charge in [-0.2, -0.15) is 5.26 Å². The summed E-state index contributed by atoms with van der Waals surface area (Å²) in [5.74, 6) is 0. The van der Waals surface area contributed by atoms with Gasteiger partial charge in [0.15, 0.2) is 0 Å². The Morgan fingerprint density at radius 3 is 2.73 bits per heavy atom. The highest BCUT2D eigenvalue weighted by atomic mass is 35.5. The molecule has 0 aliphatic heterocycles. The molecule has 0 heterocycles. The number of rotatable bonds is 2. The highest BCUT2D eigenvalue weighted by Gasteiger charge is 2.11. The van der Waals surface area contributed by atoms with Crippen LogP contribution in [0.1, 0.15) is 18.4 Å². The van der Waals surface area contributed by atoms with E-state index in [-0.39, 0.29) is 0 Å². The van der Waals surface area contributed by atoms with Gasteiger partial charge in [0, 0.05) is 11.1 Å². The smallest absolute Gasteiger partial charge is 0.101 e. The Morgan fingerprint density at radius 1 is 1.33 bits per heavy atom. The van der Waals surface area contributed by atoms with E-state index in [4.69, 9.17) is 16.9 Å². The van der Waals surface area contributed by atoms with Crippen LogP contribution in [0, 0.1) is 11.3 Å². The average molecular weight is 219 g/mol. The molecule has 0 fully saturated rings. The van der Waals surface area contributed by atoms with Gasteiger partial charge in [0.2, 0.25) is 0 Å². The molecule has 0 spiro atoms. The fourth-order valence-corrected chi connectivity index (χ4v) is 1.86. The zero-order valence-corrected chi connectivity index (χ0v) is 8.96. The molecule has 1 aliphatic carbocycles. The minimum Gasteiger partial charge on any atom is -0.381 e. The molecule has 1 aromatic rings. The Morgan fingerprint density at radius 2 is 2.07 bits per heavy atom. The summed E-state index contributed by atoms with van der Waals surface area (Å²) in [7, 11) is 0. The van der Waals surface area contributed by atoms with Crippen LogP contribution in [0.25, 0.3) is 0 Å². The van der Waals surface area contributed by atoms with Crippen molar-refractivity contribution < 1.29 is 0 Å². The zero-order chi connectivity index (χ0) is 10.7. The molecule has 0 radical (unpaired) electrons. The third-order valence-corrected chi connectivity index (χ3v) is 2.70. The lowest BCUT2D eigenvalue weighted by Gasteiger charge is -2.14. The minimum atomic E-state index is 0.399. The predicted molar refractivity (Wildman–Crippen MR) is 62.0 cm³/mol. The first-order valence-corrected chi connectivity index (χ1v) is 5.28. The lowest BCUT2D eigenvalue weighted by atomic mass is 10.1. The minimum absolute atomic E-state index is 0.399. The number of halogens is 1. The van der Waals surface area contributed by atoms with Gasteiger partial charge >= 0.3 is 0 Å². The molecule has 1 aliphatic rings. The van der Waals surface area contributed by atoms with Crippen LogP contribution in [0.15, 0.2) is 30.4 Å². The van der Waals surface area contributed by atoms with Crippen molar-refractivity contribution in [2.24, 2.45) is 0 Å². The summed E-state index contributed by atoms with van der Waals surface area (Å²) in [5, 5.41) is 12.9. The van der Waals surface area contributed by atoms with Gasteiger partial charge in [0.25, 0.3) is 0 Å². The number of nitrogens with one attached hydrogen (secondary N) is 1. The van der Waals surface area contributed by atoms with Crippen molar-refractivity contribution in [3.63, 3.8) is 0 Å². The molecule has 0 saturated heterocycles. The van der Waals surface area contributed by atoms with Gasteiger partial charge < -0.3 is 5.32 Å². The molecule has 0 atom stereocenters. The maximum Gasteiger partial charge on any atom is 0.101 e. The van der Waals surface area contributed by atoms with Crippen LogP contribution in [-0.4, -0.2) is 6.04 Å². The monoisotopic (exact) mass is 218 g/mol. The van der Waals surface area contributed by atoms with Crippen LogP contribution in [-0.2, 0) is 0 Å². The van der Waals surface area contributed by atoms with E-state index in [0.717, 1.165) is 18.5 Å². The van der Waals surface area contributed by atoms with E-state index in [1.54, 1.807) is 18.2 Å². The van der Waals surface area contributed by atoms with Crippen molar-refractivity contribution in [2.45, 2.75) is 18.9 Å². The van der Waals surface area contributed by atoms with Crippen molar-refractivity contribution >= 4 is 17.3 Å². The molecular weight excluding hydrogens is 208 g/mol. The van der Waals surface area contributed by atoms with E-state index < -0.39 is 0 Å². The van der Waals surface area contributed by atoms with Gasteiger partial charge in [0.1, 0.15) is 6.07 Å². The molecule has 0 bridgehead atoms. The Bertz CT molecular complexity index is 424. The van der Waals surface area contributed by atoms with Gasteiger partial charge in [-0.05, 0) is 31.0 Å². The van der Waals surface area contributed by atoms with Gasteiger partial charge in [-0.3, -0.25) is 0 Å². The Kier molecular flexibility index (Phi) is 2.94. The topological polar surface area (TPSA) is 35.8 Å². The van der Waals surface area contributed by atoms with Gasteiger partial charge in [-0.1, -0.05) is 23.8 Å². The van der Waals surface area contributed by atoms with Gasteiger partial charge in [-0.15, -0.1) is 0 Å². The van der Waals surface area contributed by atoms with Crippen LogP contribution >= 0.6 is 11.6 Å². The molecular formula is C12H11ClN2. The van der Waals surface area contributed by atoms with E-state index in [9.17, 15) is 0 Å². The first-order valence-electron chi connectivity index (χ1n) is 4.91. The van der Waals surface area contributed by atoms with E-state index >= 15 is 0 Å². The van der Waals surface area contributed by atoms with E-state index in [1.807, 2.05) is 0 Å². The Labute approximate surface area is 94.2 Å². The van der Waals surface area contributed by atoms with Crippen LogP contribution in [0.4, 0.5) is 5.69 Å². The molecule has 76 valence electrons. The second kappa shape index (κ2) is 4.37. The molecule has 0 saturated carbocycles. The molecule has 0 aromatic heterocycles. The van der Waals surface area contributed by atoms with E-state index in [1.165, 1.54) is 0 Å². The molecule has 0 unspecified atom stereocenters. The number of nitrogens with zero attached hydrogens (tertiary/aromatic N) is 1. The molecule has 2 nitrogen and oxygen atoms in total.